The molecule has 0 aliphatic rings. The monoisotopic (exact) mass is 351 g/mol. The predicted molar refractivity (Wildman–Crippen MR) is 105 cm³/mol. The topological polar surface area (TPSA) is 12.4 Å². The molecule has 0 spiro atoms. The second-order valence-corrected chi connectivity index (χ2v) is 7.23. The summed E-state index contributed by atoms with van der Waals surface area (Å²) in [4.78, 5) is 6.95. The van der Waals surface area contributed by atoms with Crippen molar-refractivity contribution in [2.24, 2.45) is 4.99 Å². The van der Waals surface area contributed by atoms with Gasteiger partial charge in [0.15, 0.2) is 0 Å². The molecule has 24 heavy (non-hydrogen) atoms. The van der Waals surface area contributed by atoms with Gasteiger partial charge in [0, 0.05) is 21.0 Å². The number of hydrogen-bond acceptors (Lipinski definition) is 2. The lowest BCUT2D eigenvalue weighted by Gasteiger charge is -2.03. The van der Waals surface area contributed by atoms with Crippen LogP contribution in [0.4, 0.5) is 5.69 Å². The van der Waals surface area contributed by atoms with Gasteiger partial charge in [-0.25, -0.2) is 0 Å². The van der Waals surface area contributed by atoms with E-state index in [1.807, 2.05) is 31.3 Å². The Labute approximate surface area is 152 Å². The van der Waals surface area contributed by atoms with Crippen molar-refractivity contribution in [3.8, 4) is 0 Å². The first-order valence-corrected chi connectivity index (χ1v) is 8.94. The average Bonchev–Trinajstić information content (AvgIpc) is 2.59. The Kier molecular flexibility index (Phi) is 5.39. The van der Waals surface area contributed by atoms with Crippen LogP contribution < -0.4 is 0 Å². The second kappa shape index (κ2) is 7.69. The summed E-state index contributed by atoms with van der Waals surface area (Å²) in [5.74, 6) is 0. The van der Waals surface area contributed by atoms with Crippen molar-refractivity contribution in [2.45, 2.75) is 23.6 Å². The third-order valence-electron chi connectivity index (χ3n) is 3.65. The van der Waals surface area contributed by atoms with Gasteiger partial charge in [-0.15, -0.1) is 0 Å². The van der Waals surface area contributed by atoms with E-state index in [0.717, 1.165) is 21.8 Å². The Morgan fingerprint density at radius 1 is 0.833 bits per heavy atom. The van der Waals surface area contributed by atoms with Gasteiger partial charge in [-0.2, -0.15) is 0 Å². The molecule has 0 bridgehead atoms. The number of hydrogen-bond donors (Lipinski definition) is 0. The molecule has 0 heterocycles. The minimum Gasteiger partial charge on any atom is -0.256 e. The van der Waals surface area contributed by atoms with Gasteiger partial charge in [-0.3, -0.25) is 4.99 Å². The maximum absolute atomic E-state index is 6.13. The SMILES string of the molecule is Cc1ccc(Sc2ccc(C=Nc3ccc(C)c(Cl)c3)cc2)cc1. The first kappa shape index (κ1) is 16.8. The van der Waals surface area contributed by atoms with Crippen LogP contribution in [0, 0.1) is 13.8 Å². The predicted octanol–water partition coefficient (Wildman–Crippen LogP) is 6.86. The number of benzene rings is 3. The maximum Gasteiger partial charge on any atom is 0.0644 e. The standard InChI is InChI=1S/C21H18ClNS/c1-15-3-9-19(10-4-15)24-20-11-6-17(7-12-20)14-23-18-8-5-16(2)21(22)13-18/h3-14H,1-2H3. The zero-order valence-corrected chi connectivity index (χ0v) is 15.2. The summed E-state index contributed by atoms with van der Waals surface area (Å²) in [6.07, 6.45) is 1.86. The molecule has 0 saturated carbocycles. The van der Waals surface area contributed by atoms with Crippen molar-refractivity contribution < 1.29 is 0 Å². The van der Waals surface area contributed by atoms with E-state index in [0.29, 0.717) is 0 Å². The van der Waals surface area contributed by atoms with E-state index in [1.165, 1.54) is 15.4 Å². The lowest BCUT2D eigenvalue weighted by molar-refractivity contribution is 1.36. The molecule has 0 atom stereocenters. The van der Waals surface area contributed by atoms with E-state index in [9.17, 15) is 0 Å². The van der Waals surface area contributed by atoms with Crippen molar-refractivity contribution in [3.05, 3.63) is 88.4 Å². The van der Waals surface area contributed by atoms with Gasteiger partial charge in [0.25, 0.3) is 0 Å². The van der Waals surface area contributed by atoms with E-state index >= 15 is 0 Å². The fourth-order valence-electron chi connectivity index (χ4n) is 2.18. The Hall–Kier alpha value is -2.03. The van der Waals surface area contributed by atoms with E-state index < -0.39 is 0 Å². The molecular weight excluding hydrogens is 334 g/mol. The molecule has 0 unspecified atom stereocenters. The number of nitrogens with zero attached hydrogens (tertiary/aromatic N) is 1. The van der Waals surface area contributed by atoms with Crippen LogP contribution >= 0.6 is 23.4 Å². The van der Waals surface area contributed by atoms with Crippen LogP contribution in [0.15, 0.2) is 81.5 Å². The highest BCUT2D eigenvalue weighted by Crippen LogP contribution is 2.28. The first-order chi connectivity index (χ1) is 11.6. The van der Waals surface area contributed by atoms with E-state index in [1.54, 1.807) is 11.8 Å². The molecule has 0 amide bonds. The Morgan fingerprint density at radius 2 is 1.46 bits per heavy atom. The molecular formula is C21H18ClNS. The summed E-state index contributed by atoms with van der Waals surface area (Å²) in [6, 6.07) is 22.8. The van der Waals surface area contributed by atoms with Crippen molar-refractivity contribution in [1.29, 1.82) is 0 Å². The van der Waals surface area contributed by atoms with Crippen molar-refractivity contribution in [2.75, 3.05) is 0 Å². The maximum atomic E-state index is 6.13. The summed E-state index contributed by atoms with van der Waals surface area (Å²) in [5.41, 5.74) is 4.28. The van der Waals surface area contributed by atoms with Gasteiger partial charge >= 0.3 is 0 Å². The highest BCUT2D eigenvalue weighted by atomic mass is 35.5. The zero-order chi connectivity index (χ0) is 16.9. The highest BCUT2D eigenvalue weighted by molar-refractivity contribution is 7.99. The number of halogens is 1. The molecule has 0 saturated heterocycles. The molecule has 1 nitrogen and oxygen atoms in total. The number of rotatable bonds is 4. The minimum atomic E-state index is 0.745. The lowest BCUT2D eigenvalue weighted by atomic mass is 10.2. The Bertz CT molecular complexity index is 852. The molecule has 0 radical (unpaired) electrons. The van der Waals surface area contributed by atoms with Crippen molar-refractivity contribution in [1.82, 2.24) is 0 Å². The van der Waals surface area contributed by atoms with Crippen LogP contribution in [0.5, 0.6) is 0 Å². The number of aryl methyl sites for hydroxylation is 2. The normalized spacial score (nSPS) is 11.1. The summed E-state index contributed by atoms with van der Waals surface area (Å²) < 4.78 is 0. The average molecular weight is 352 g/mol. The minimum absolute atomic E-state index is 0.745. The van der Waals surface area contributed by atoms with Gasteiger partial charge in [-0.1, -0.05) is 59.3 Å². The Morgan fingerprint density at radius 3 is 2.08 bits per heavy atom. The highest BCUT2D eigenvalue weighted by Gasteiger charge is 1.98. The molecule has 120 valence electrons. The quantitative estimate of drug-likeness (QED) is 0.468. The fourth-order valence-corrected chi connectivity index (χ4v) is 3.17. The largest absolute Gasteiger partial charge is 0.256 e. The van der Waals surface area contributed by atoms with Crippen LogP contribution in [0.1, 0.15) is 16.7 Å². The second-order valence-electron chi connectivity index (χ2n) is 5.68. The molecule has 3 heteroatoms. The molecule has 0 aliphatic heterocycles. The smallest absolute Gasteiger partial charge is 0.0644 e. The summed E-state index contributed by atoms with van der Waals surface area (Å²) >= 11 is 7.89. The fraction of sp³-hybridized carbons (Fsp3) is 0.0952. The number of aliphatic imine (C=N–C) groups is 1. The molecule has 3 aromatic rings. The summed E-state index contributed by atoms with van der Waals surface area (Å²) in [6.45, 7) is 4.09. The van der Waals surface area contributed by atoms with Gasteiger partial charge < -0.3 is 0 Å². The van der Waals surface area contributed by atoms with E-state index in [-0.39, 0.29) is 0 Å². The van der Waals surface area contributed by atoms with E-state index in [4.69, 9.17) is 11.6 Å². The van der Waals surface area contributed by atoms with Crippen LogP contribution in [-0.4, -0.2) is 6.21 Å². The summed E-state index contributed by atoms with van der Waals surface area (Å²) in [7, 11) is 0. The van der Waals surface area contributed by atoms with Gasteiger partial charge in [0.05, 0.1) is 5.69 Å². The zero-order valence-electron chi connectivity index (χ0n) is 13.7. The van der Waals surface area contributed by atoms with Crippen molar-refractivity contribution >= 4 is 35.3 Å². The molecule has 0 fully saturated rings. The summed E-state index contributed by atoms with van der Waals surface area (Å²) in [5, 5.41) is 0.745. The third-order valence-corrected chi connectivity index (χ3v) is 5.08. The third kappa shape index (κ3) is 4.50. The van der Waals surface area contributed by atoms with Crippen LogP contribution in [0.2, 0.25) is 5.02 Å². The molecule has 0 aromatic heterocycles. The molecule has 3 rings (SSSR count). The van der Waals surface area contributed by atoms with Gasteiger partial charge in [0.2, 0.25) is 0 Å². The first-order valence-electron chi connectivity index (χ1n) is 7.75. The van der Waals surface area contributed by atoms with E-state index in [2.05, 4.69) is 60.4 Å². The Balaban J connectivity index is 1.68. The molecule has 3 aromatic carbocycles. The molecule has 0 aliphatic carbocycles. The lowest BCUT2D eigenvalue weighted by Crippen LogP contribution is -1.81. The van der Waals surface area contributed by atoms with Gasteiger partial charge in [0.1, 0.15) is 0 Å². The van der Waals surface area contributed by atoms with Crippen molar-refractivity contribution in [3.63, 3.8) is 0 Å². The van der Waals surface area contributed by atoms with Gasteiger partial charge in [-0.05, 0) is 61.4 Å². The van der Waals surface area contributed by atoms with Crippen LogP contribution in [-0.2, 0) is 0 Å². The van der Waals surface area contributed by atoms with Crippen LogP contribution in [0.25, 0.3) is 0 Å². The van der Waals surface area contributed by atoms with Crippen LogP contribution in [0.3, 0.4) is 0 Å². The molecule has 0 N–H and O–H groups in total.